The Hall–Kier alpha value is -0.0400. The maximum atomic E-state index is 3.87. The fraction of sp³-hybridized carbons (Fsp3) is 1.00. The standard InChI is InChI=1S/C15H31N/c1-5-9-15(12-11-14(2,3)4)10-7-6-8-13-16-15/h16H,5-13H2,1-4H3. The van der Waals surface area contributed by atoms with Crippen molar-refractivity contribution in [2.75, 3.05) is 6.54 Å². The van der Waals surface area contributed by atoms with Crippen molar-refractivity contribution >= 4 is 0 Å². The van der Waals surface area contributed by atoms with E-state index >= 15 is 0 Å². The maximum Gasteiger partial charge on any atom is 0.0181 e. The molecule has 1 atom stereocenters. The van der Waals surface area contributed by atoms with Gasteiger partial charge in [-0.25, -0.2) is 0 Å². The van der Waals surface area contributed by atoms with Crippen LogP contribution in [-0.4, -0.2) is 12.1 Å². The molecule has 0 spiro atoms. The van der Waals surface area contributed by atoms with Crippen LogP contribution in [0, 0.1) is 5.41 Å². The Morgan fingerprint density at radius 1 is 1.06 bits per heavy atom. The molecule has 1 rings (SSSR count). The lowest BCUT2D eigenvalue weighted by atomic mass is 9.78. The maximum absolute atomic E-state index is 3.87. The lowest BCUT2D eigenvalue weighted by Crippen LogP contribution is -2.45. The van der Waals surface area contributed by atoms with Crippen molar-refractivity contribution in [3.8, 4) is 0 Å². The minimum atomic E-state index is 0.471. The van der Waals surface area contributed by atoms with Crippen molar-refractivity contribution in [2.45, 2.75) is 84.6 Å². The molecule has 1 aliphatic heterocycles. The highest BCUT2D eigenvalue weighted by molar-refractivity contribution is 4.90. The Balaban J connectivity index is 2.55. The molecular weight excluding hydrogens is 194 g/mol. The van der Waals surface area contributed by atoms with Crippen LogP contribution in [0.25, 0.3) is 0 Å². The van der Waals surface area contributed by atoms with Gasteiger partial charge in [0.25, 0.3) is 0 Å². The van der Waals surface area contributed by atoms with Gasteiger partial charge in [0.15, 0.2) is 0 Å². The van der Waals surface area contributed by atoms with Gasteiger partial charge >= 0.3 is 0 Å². The summed E-state index contributed by atoms with van der Waals surface area (Å²) in [4.78, 5) is 0. The SMILES string of the molecule is CCCC1(CCC(C)(C)C)CCCCCN1. The van der Waals surface area contributed by atoms with Crippen molar-refractivity contribution in [3.05, 3.63) is 0 Å². The van der Waals surface area contributed by atoms with Gasteiger partial charge in [-0.15, -0.1) is 0 Å². The Morgan fingerprint density at radius 2 is 1.81 bits per heavy atom. The molecule has 1 heteroatoms. The fourth-order valence-electron chi connectivity index (χ4n) is 2.85. The third kappa shape index (κ3) is 4.86. The van der Waals surface area contributed by atoms with E-state index in [4.69, 9.17) is 0 Å². The summed E-state index contributed by atoms with van der Waals surface area (Å²) in [5.74, 6) is 0. The zero-order valence-corrected chi connectivity index (χ0v) is 11.9. The van der Waals surface area contributed by atoms with Gasteiger partial charge in [0.1, 0.15) is 0 Å². The number of nitrogens with one attached hydrogen (secondary N) is 1. The predicted octanol–water partition coefficient (Wildman–Crippen LogP) is 4.52. The van der Waals surface area contributed by atoms with E-state index in [1.54, 1.807) is 0 Å². The molecule has 0 saturated carbocycles. The van der Waals surface area contributed by atoms with E-state index in [0.29, 0.717) is 11.0 Å². The highest BCUT2D eigenvalue weighted by Gasteiger charge is 2.30. The van der Waals surface area contributed by atoms with Gasteiger partial charge in [-0.3, -0.25) is 0 Å². The molecule has 1 unspecified atom stereocenters. The lowest BCUT2D eigenvalue weighted by molar-refractivity contribution is 0.224. The van der Waals surface area contributed by atoms with Crippen molar-refractivity contribution in [3.63, 3.8) is 0 Å². The molecule has 1 fully saturated rings. The smallest absolute Gasteiger partial charge is 0.0181 e. The van der Waals surface area contributed by atoms with Crippen molar-refractivity contribution in [1.29, 1.82) is 0 Å². The largest absolute Gasteiger partial charge is 0.311 e. The second-order valence-corrected chi connectivity index (χ2v) is 6.83. The van der Waals surface area contributed by atoms with E-state index in [9.17, 15) is 0 Å². The van der Waals surface area contributed by atoms with Crippen molar-refractivity contribution in [1.82, 2.24) is 5.32 Å². The van der Waals surface area contributed by atoms with E-state index in [1.165, 1.54) is 57.9 Å². The molecule has 1 saturated heterocycles. The number of hydrogen-bond acceptors (Lipinski definition) is 1. The highest BCUT2D eigenvalue weighted by atomic mass is 15.0. The van der Waals surface area contributed by atoms with E-state index in [-0.39, 0.29) is 0 Å². The van der Waals surface area contributed by atoms with Crippen LogP contribution in [0.15, 0.2) is 0 Å². The van der Waals surface area contributed by atoms with E-state index in [2.05, 4.69) is 33.0 Å². The molecule has 0 bridgehead atoms. The lowest BCUT2D eigenvalue weighted by Gasteiger charge is -2.36. The molecule has 96 valence electrons. The average molecular weight is 225 g/mol. The number of rotatable bonds is 4. The predicted molar refractivity (Wildman–Crippen MR) is 72.8 cm³/mol. The molecule has 0 aromatic carbocycles. The van der Waals surface area contributed by atoms with Crippen LogP contribution in [0.3, 0.4) is 0 Å². The first-order chi connectivity index (χ1) is 7.47. The van der Waals surface area contributed by atoms with Crippen LogP contribution < -0.4 is 5.32 Å². The Morgan fingerprint density at radius 3 is 2.44 bits per heavy atom. The van der Waals surface area contributed by atoms with E-state index in [1.807, 2.05) is 0 Å². The molecule has 0 aromatic rings. The topological polar surface area (TPSA) is 12.0 Å². The summed E-state index contributed by atoms with van der Waals surface area (Å²) in [7, 11) is 0. The first-order valence-corrected chi connectivity index (χ1v) is 7.22. The van der Waals surface area contributed by atoms with Crippen LogP contribution in [0.4, 0.5) is 0 Å². The van der Waals surface area contributed by atoms with Gasteiger partial charge < -0.3 is 5.32 Å². The monoisotopic (exact) mass is 225 g/mol. The first kappa shape index (κ1) is 14.0. The summed E-state index contributed by atoms with van der Waals surface area (Å²) in [6, 6.07) is 0. The van der Waals surface area contributed by atoms with Gasteiger partial charge in [-0.1, -0.05) is 47.0 Å². The fourth-order valence-corrected chi connectivity index (χ4v) is 2.85. The van der Waals surface area contributed by atoms with Crippen LogP contribution >= 0.6 is 0 Å². The summed E-state index contributed by atoms with van der Waals surface area (Å²) >= 11 is 0. The molecule has 1 N–H and O–H groups in total. The summed E-state index contributed by atoms with van der Waals surface area (Å²) < 4.78 is 0. The average Bonchev–Trinajstić information content (AvgIpc) is 2.41. The second kappa shape index (κ2) is 6.05. The zero-order chi connectivity index (χ0) is 12.1. The van der Waals surface area contributed by atoms with Crippen molar-refractivity contribution < 1.29 is 0 Å². The first-order valence-electron chi connectivity index (χ1n) is 7.22. The highest BCUT2D eigenvalue weighted by Crippen LogP contribution is 2.33. The quantitative estimate of drug-likeness (QED) is 0.742. The van der Waals surface area contributed by atoms with Gasteiger partial charge in [-0.2, -0.15) is 0 Å². The molecule has 0 amide bonds. The minimum absolute atomic E-state index is 0.471. The van der Waals surface area contributed by atoms with Crippen LogP contribution in [0.5, 0.6) is 0 Å². The molecule has 0 aromatic heterocycles. The third-order valence-electron chi connectivity index (χ3n) is 3.91. The summed E-state index contributed by atoms with van der Waals surface area (Å²) in [6.45, 7) is 10.7. The molecule has 1 aliphatic rings. The van der Waals surface area contributed by atoms with Gasteiger partial charge in [0.05, 0.1) is 0 Å². The summed E-state index contributed by atoms with van der Waals surface area (Å²) in [5, 5.41) is 3.87. The Kier molecular flexibility index (Phi) is 5.30. The van der Waals surface area contributed by atoms with Crippen molar-refractivity contribution in [2.24, 2.45) is 5.41 Å². The molecule has 0 radical (unpaired) electrons. The summed E-state index contributed by atoms with van der Waals surface area (Å²) in [5.41, 5.74) is 0.952. The molecule has 0 aliphatic carbocycles. The molecule has 16 heavy (non-hydrogen) atoms. The number of hydrogen-bond donors (Lipinski definition) is 1. The Bertz CT molecular complexity index is 182. The van der Waals surface area contributed by atoms with E-state index < -0.39 is 0 Å². The van der Waals surface area contributed by atoms with E-state index in [0.717, 1.165) is 0 Å². The summed E-state index contributed by atoms with van der Waals surface area (Å²) in [6.07, 6.45) is 11.0. The zero-order valence-electron chi connectivity index (χ0n) is 11.9. The van der Waals surface area contributed by atoms with Crippen LogP contribution in [0.2, 0.25) is 0 Å². The second-order valence-electron chi connectivity index (χ2n) is 6.83. The van der Waals surface area contributed by atoms with Crippen LogP contribution in [0.1, 0.15) is 79.1 Å². The van der Waals surface area contributed by atoms with Gasteiger partial charge in [0, 0.05) is 5.54 Å². The molecular formula is C15H31N. The van der Waals surface area contributed by atoms with Gasteiger partial charge in [-0.05, 0) is 44.1 Å². The minimum Gasteiger partial charge on any atom is -0.311 e. The third-order valence-corrected chi connectivity index (χ3v) is 3.91. The molecule has 1 heterocycles. The van der Waals surface area contributed by atoms with Gasteiger partial charge in [0.2, 0.25) is 0 Å². The molecule has 1 nitrogen and oxygen atoms in total. The van der Waals surface area contributed by atoms with Crippen LogP contribution in [-0.2, 0) is 0 Å². The Labute approximate surface area is 102 Å². The normalized spacial score (nSPS) is 27.8.